The zero-order chi connectivity index (χ0) is 24.2. The third-order valence-electron chi connectivity index (χ3n) is 6.20. The van der Waals surface area contributed by atoms with Gasteiger partial charge in [-0.2, -0.15) is 0 Å². The molecule has 3 heterocycles. The first-order chi connectivity index (χ1) is 17.1. The molecule has 1 unspecified atom stereocenters. The summed E-state index contributed by atoms with van der Waals surface area (Å²) in [6.45, 7) is 1.98. The SMILES string of the molecule is OC(COc1ccc(F)c(F)c1)CN(c1ncnc2scc(-c3ccccc3)c12)C1CCNCC1. The Morgan fingerprint density at radius 3 is 2.66 bits per heavy atom. The van der Waals surface area contributed by atoms with Gasteiger partial charge in [0.15, 0.2) is 11.6 Å². The molecule has 35 heavy (non-hydrogen) atoms. The van der Waals surface area contributed by atoms with Crippen LogP contribution in [-0.4, -0.2) is 53.5 Å². The van der Waals surface area contributed by atoms with Crippen molar-refractivity contribution in [1.82, 2.24) is 15.3 Å². The molecule has 0 amide bonds. The Labute approximate surface area is 206 Å². The van der Waals surface area contributed by atoms with E-state index >= 15 is 0 Å². The Kier molecular flexibility index (Phi) is 7.17. The van der Waals surface area contributed by atoms with Crippen LogP contribution < -0.4 is 15.0 Å². The van der Waals surface area contributed by atoms with E-state index in [0.717, 1.165) is 65.2 Å². The monoisotopic (exact) mass is 496 g/mol. The number of fused-ring (bicyclic) bond motifs is 1. The fourth-order valence-corrected chi connectivity index (χ4v) is 5.38. The number of nitrogens with one attached hydrogen (secondary N) is 1. The van der Waals surface area contributed by atoms with E-state index in [4.69, 9.17) is 9.72 Å². The van der Waals surface area contributed by atoms with E-state index in [1.807, 2.05) is 18.2 Å². The molecule has 0 spiro atoms. The molecule has 1 atom stereocenters. The summed E-state index contributed by atoms with van der Waals surface area (Å²) in [5.41, 5.74) is 2.15. The Morgan fingerprint density at radius 1 is 1.09 bits per heavy atom. The summed E-state index contributed by atoms with van der Waals surface area (Å²) in [5, 5.41) is 17.4. The number of aliphatic hydroxyl groups excluding tert-OH is 1. The standard InChI is InChI=1S/C26H26F2N4O2S/c27-22-7-6-20(12-23(22)28)34-14-19(33)13-32(18-8-10-29-11-9-18)25-24-21(17-4-2-1-3-5-17)15-35-26(24)31-16-30-25/h1-7,12,15-16,18-19,29,33H,8-11,13-14H2. The van der Waals surface area contributed by atoms with Crippen LogP contribution >= 0.6 is 11.3 Å². The number of hydrogen-bond donors (Lipinski definition) is 2. The van der Waals surface area contributed by atoms with Crippen LogP contribution in [0.15, 0.2) is 60.2 Å². The molecular formula is C26H26F2N4O2S. The molecule has 0 saturated carbocycles. The molecule has 0 radical (unpaired) electrons. The molecule has 9 heteroatoms. The van der Waals surface area contributed by atoms with Gasteiger partial charge < -0.3 is 20.1 Å². The van der Waals surface area contributed by atoms with E-state index in [2.05, 4.69) is 32.7 Å². The second-order valence-corrected chi connectivity index (χ2v) is 9.43. The van der Waals surface area contributed by atoms with Crippen LogP contribution in [0, 0.1) is 11.6 Å². The van der Waals surface area contributed by atoms with Gasteiger partial charge in [0.25, 0.3) is 0 Å². The van der Waals surface area contributed by atoms with Crippen LogP contribution in [0.4, 0.5) is 14.6 Å². The molecule has 1 fully saturated rings. The molecule has 2 N–H and O–H groups in total. The summed E-state index contributed by atoms with van der Waals surface area (Å²) in [6.07, 6.45) is 2.52. The largest absolute Gasteiger partial charge is 0.491 e. The summed E-state index contributed by atoms with van der Waals surface area (Å²) in [6, 6.07) is 13.7. The minimum atomic E-state index is -0.984. The lowest BCUT2D eigenvalue weighted by atomic mass is 10.0. The van der Waals surface area contributed by atoms with Gasteiger partial charge in [-0.05, 0) is 43.6 Å². The highest BCUT2D eigenvalue weighted by atomic mass is 32.1. The number of anilines is 1. The van der Waals surface area contributed by atoms with Crippen molar-refractivity contribution in [3.05, 3.63) is 71.9 Å². The van der Waals surface area contributed by atoms with Gasteiger partial charge in [-0.3, -0.25) is 0 Å². The van der Waals surface area contributed by atoms with E-state index in [1.54, 1.807) is 17.7 Å². The first-order valence-electron chi connectivity index (χ1n) is 11.6. The number of ether oxygens (including phenoxy) is 1. The minimum Gasteiger partial charge on any atom is -0.491 e. The third kappa shape index (κ3) is 5.27. The quantitative estimate of drug-likeness (QED) is 0.371. The maximum absolute atomic E-state index is 13.5. The second-order valence-electron chi connectivity index (χ2n) is 8.57. The molecule has 2 aromatic heterocycles. The predicted octanol–water partition coefficient (Wildman–Crippen LogP) is 4.63. The Hall–Kier alpha value is -3.14. The summed E-state index contributed by atoms with van der Waals surface area (Å²) in [5.74, 6) is -0.964. The smallest absolute Gasteiger partial charge is 0.162 e. The van der Waals surface area contributed by atoms with Crippen LogP contribution in [0.3, 0.4) is 0 Å². The lowest BCUT2D eigenvalue weighted by Crippen LogP contribution is -2.47. The third-order valence-corrected chi connectivity index (χ3v) is 7.08. The highest BCUT2D eigenvalue weighted by molar-refractivity contribution is 7.17. The number of benzene rings is 2. The van der Waals surface area contributed by atoms with Crippen molar-refractivity contribution in [3.63, 3.8) is 0 Å². The van der Waals surface area contributed by atoms with Gasteiger partial charge in [0.1, 0.15) is 35.4 Å². The molecule has 5 rings (SSSR count). The average Bonchev–Trinajstić information content (AvgIpc) is 3.34. The van der Waals surface area contributed by atoms with E-state index in [1.165, 1.54) is 6.07 Å². The normalized spacial score (nSPS) is 15.3. The fraction of sp³-hybridized carbons (Fsp3) is 0.308. The first kappa shape index (κ1) is 23.6. The fourth-order valence-electron chi connectivity index (χ4n) is 4.47. The maximum Gasteiger partial charge on any atom is 0.162 e. The van der Waals surface area contributed by atoms with Crippen LogP contribution in [-0.2, 0) is 0 Å². The number of hydrogen-bond acceptors (Lipinski definition) is 7. The van der Waals surface area contributed by atoms with E-state index in [0.29, 0.717) is 0 Å². The molecule has 2 aromatic carbocycles. The zero-order valence-corrected chi connectivity index (χ0v) is 19.8. The maximum atomic E-state index is 13.5. The van der Waals surface area contributed by atoms with Crippen molar-refractivity contribution < 1.29 is 18.6 Å². The van der Waals surface area contributed by atoms with Crippen molar-refractivity contribution in [3.8, 4) is 16.9 Å². The molecule has 6 nitrogen and oxygen atoms in total. The molecule has 1 aliphatic heterocycles. The van der Waals surface area contributed by atoms with Crippen LogP contribution in [0.5, 0.6) is 5.75 Å². The van der Waals surface area contributed by atoms with Crippen LogP contribution in [0.1, 0.15) is 12.8 Å². The van der Waals surface area contributed by atoms with Crippen molar-refractivity contribution in [1.29, 1.82) is 0 Å². The van der Waals surface area contributed by atoms with Crippen molar-refractivity contribution in [2.45, 2.75) is 25.0 Å². The van der Waals surface area contributed by atoms with Gasteiger partial charge in [-0.15, -0.1) is 11.3 Å². The number of thiophene rings is 1. The van der Waals surface area contributed by atoms with Gasteiger partial charge in [0, 0.05) is 29.6 Å². The predicted molar refractivity (Wildman–Crippen MR) is 134 cm³/mol. The highest BCUT2D eigenvalue weighted by Crippen LogP contribution is 2.39. The summed E-state index contributed by atoms with van der Waals surface area (Å²) >= 11 is 1.57. The molecule has 1 saturated heterocycles. The zero-order valence-electron chi connectivity index (χ0n) is 19.0. The molecule has 0 bridgehead atoms. The molecule has 4 aromatic rings. The van der Waals surface area contributed by atoms with Crippen molar-refractivity contribution >= 4 is 27.4 Å². The van der Waals surface area contributed by atoms with Crippen LogP contribution in [0.25, 0.3) is 21.3 Å². The Balaban J connectivity index is 1.44. The lowest BCUT2D eigenvalue weighted by molar-refractivity contribution is 0.109. The Morgan fingerprint density at radius 2 is 1.89 bits per heavy atom. The molecular weight excluding hydrogens is 470 g/mol. The van der Waals surface area contributed by atoms with Gasteiger partial charge >= 0.3 is 0 Å². The molecule has 1 aliphatic rings. The first-order valence-corrected chi connectivity index (χ1v) is 12.5. The van der Waals surface area contributed by atoms with Gasteiger partial charge in [0.2, 0.25) is 0 Å². The van der Waals surface area contributed by atoms with Gasteiger partial charge in [-0.1, -0.05) is 30.3 Å². The van der Waals surface area contributed by atoms with E-state index < -0.39 is 17.7 Å². The summed E-state index contributed by atoms with van der Waals surface area (Å²) in [4.78, 5) is 12.2. The number of piperidine rings is 1. The minimum absolute atomic E-state index is 0.0596. The molecule has 182 valence electrons. The molecule has 0 aliphatic carbocycles. The lowest BCUT2D eigenvalue weighted by Gasteiger charge is -2.37. The van der Waals surface area contributed by atoms with Gasteiger partial charge in [-0.25, -0.2) is 18.7 Å². The van der Waals surface area contributed by atoms with Crippen LogP contribution in [0.2, 0.25) is 0 Å². The Bertz CT molecular complexity index is 1280. The number of rotatable bonds is 8. The van der Waals surface area contributed by atoms with E-state index in [9.17, 15) is 13.9 Å². The topological polar surface area (TPSA) is 70.5 Å². The van der Waals surface area contributed by atoms with Gasteiger partial charge in [0.05, 0.1) is 5.39 Å². The number of aromatic nitrogens is 2. The number of halogens is 2. The summed E-state index contributed by atoms with van der Waals surface area (Å²) < 4.78 is 32.3. The van der Waals surface area contributed by atoms with Crippen molar-refractivity contribution in [2.24, 2.45) is 0 Å². The highest BCUT2D eigenvalue weighted by Gasteiger charge is 2.28. The van der Waals surface area contributed by atoms with E-state index in [-0.39, 0.29) is 24.9 Å². The number of aliphatic hydroxyl groups is 1. The van der Waals surface area contributed by atoms with Crippen molar-refractivity contribution in [2.75, 3.05) is 31.1 Å². The number of nitrogens with zero attached hydrogens (tertiary/aromatic N) is 3. The average molecular weight is 497 g/mol. The second kappa shape index (κ2) is 10.6. The summed E-state index contributed by atoms with van der Waals surface area (Å²) in [7, 11) is 0.